The van der Waals surface area contributed by atoms with Gasteiger partial charge in [0.15, 0.2) is 11.6 Å². The maximum atomic E-state index is 5.66. The van der Waals surface area contributed by atoms with E-state index in [1.54, 1.807) is 12.4 Å². The quantitative estimate of drug-likeness (QED) is 0.851. The lowest BCUT2D eigenvalue weighted by Gasteiger charge is -2.06. The van der Waals surface area contributed by atoms with Crippen LogP contribution in [0.1, 0.15) is 50.6 Å². The third kappa shape index (κ3) is 3.63. The second-order valence-electron chi connectivity index (χ2n) is 6.95. The number of ether oxygens (including phenoxy) is 1. The third-order valence-corrected chi connectivity index (χ3v) is 4.76. The largest absolute Gasteiger partial charge is 0.476 e. The lowest BCUT2D eigenvalue weighted by Crippen LogP contribution is -2.03. The van der Waals surface area contributed by atoms with Crippen molar-refractivity contribution >= 4 is 11.6 Å². The van der Waals surface area contributed by atoms with Crippen molar-refractivity contribution in [2.24, 2.45) is 11.8 Å². The van der Waals surface area contributed by atoms with Crippen LogP contribution in [0.4, 0.5) is 11.6 Å². The van der Waals surface area contributed by atoms with Crippen molar-refractivity contribution in [1.82, 2.24) is 20.2 Å². The van der Waals surface area contributed by atoms with E-state index in [9.17, 15) is 0 Å². The summed E-state index contributed by atoms with van der Waals surface area (Å²) in [6.45, 7) is 3.06. The van der Waals surface area contributed by atoms with Gasteiger partial charge in [0, 0.05) is 17.7 Å². The first-order valence-electron chi connectivity index (χ1n) is 8.53. The van der Waals surface area contributed by atoms with Gasteiger partial charge in [-0.2, -0.15) is 10.1 Å². The molecule has 2 aromatic rings. The molecular weight excluding hydrogens is 290 g/mol. The summed E-state index contributed by atoms with van der Waals surface area (Å²) in [5, 5.41) is 10.7. The van der Waals surface area contributed by atoms with Gasteiger partial charge in [-0.3, -0.25) is 10.1 Å². The summed E-state index contributed by atoms with van der Waals surface area (Å²) < 4.78 is 5.66. The maximum Gasteiger partial charge on any atom is 0.234 e. The molecule has 2 aliphatic carbocycles. The highest BCUT2D eigenvalue weighted by atomic mass is 16.5. The van der Waals surface area contributed by atoms with Gasteiger partial charge in [-0.25, -0.2) is 0 Å². The molecule has 2 atom stereocenters. The van der Waals surface area contributed by atoms with Gasteiger partial charge >= 0.3 is 0 Å². The normalized spacial score (nSPS) is 23.9. The van der Waals surface area contributed by atoms with Gasteiger partial charge in [0.25, 0.3) is 0 Å². The molecule has 0 saturated heterocycles. The number of H-pyrrole nitrogens is 1. The smallest absolute Gasteiger partial charge is 0.234 e. The van der Waals surface area contributed by atoms with Crippen LogP contribution >= 0.6 is 0 Å². The molecule has 2 aliphatic rings. The monoisotopic (exact) mass is 313 g/mol. The van der Waals surface area contributed by atoms with Gasteiger partial charge in [-0.15, -0.1) is 0 Å². The number of aromatic nitrogens is 4. The number of hydrogen-bond acceptors (Lipinski definition) is 5. The lowest BCUT2D eigenvalue weighted by molar-refractivity contribution is 0.287. The van der Waals surface area contributed by atoms with Crippen LogP contribution in [0.3, 0.4) is 0 Å². The Morgan fingerprint density at radius 2 is 2.13 bits per heavy atom. The van der Waals surface area contributed by atoms with E-state index in [2.05, 4.69) is 38.5 Å². The summed E-state index contributed by atoms with van der Waals surface area (Å²) in [6.07, 6.45) is 9.67. The molecule has 0 aliphatic heterocycles. The molecular formula is C17H23N5O. The highest BCUT2D eigenvalue weighted by Crippen LogP contribution is 2.37. The van der Waals surface area contributed by atoms with Gasteiger partial charge in [0.2, 0.25) is 5.88 Å². The van der Waals surface area contributed by atoms with Crippen LogP contribution in [0.25, 0.3) is 0 Å². The van der Waals surface area contributed by atoms with Crippen LogP contribution in [0.2, 0.25) is 0 Å². The summed E-state index contributed by atoms with van der Waals surface area (Å²) in [4.78, 5) is 8.62. The van der Waals surface area contributed by atoms with Crippen molar-refractivity contribution < 1.29 is 4.74 Å². The van der Waals surface area contributed by atoms with Crippen molar-refractivity contribution in [1.29, 1.82) is 0 Å². The number of nitrogens with one attached hydrogen (secondary N) is 2. The van der Waals surface area contributed by atoms with Gasteiger partial charge < -0.3 is 10.1 Å². The molecule has 0 aromatic carbocycles. The predicted octanol–water partition coefficient (Wildman–Crippen LogP) is 3.64. The lowest BCUT2D eigenvalue weighted by atomic mass is 10.0. The van der Waals surface area contributed by atoms with Crippen molar-refractivity contribution in [3.8, 4) is 5.88 Å². The van der Waals surface area contributed by atoms with E-state index in [4.69, 9.17) is 4.74 Å². The first kappa shape index (κ1) is 14.5. The molecule has 2 unspecified atom stereocenters. The van der Waals surface area contributed by atoms with Crippen molar-refractivity contribution in [2.45, 2.75) is 44.9 Å². The third-order valence-electron chi connectivity index (χ3n) is 4.76. The van der Waals surface area contributed by atoms with E-state index >= 15 is 0 Å². The van der Waals surface area contributed by atoms with Crippen LogP contribution in [0, 0.1) is 11.8 Å². The molecule has 0 amide bonds. The minimum absolute atomic E-state index is 0.572. The standard InChI is InChI=1S/C17H23N5O/c1-11-2-5-13(6-11)14-7-15(22-21-14)19-16-8-18-9-17(20-16)23-10-12-3-4-12/h7-9,11-13H,2-6,10H2,1H3,(H2,19,20,21,22). The number of rotatable bonds is 6. The Labute approximate surface area is 136 Å². The van der Waals surface area contributed by atoms with E-state index in [1.807, 2.05) is 0 Å². The van der Waals surface area contributed by atoms with Crippen molar-refractivity contribution in [3.63, 3.8) is 0 Å². The second kappa shape index (κ2) is 6.18. The molecule has 0 radical (unpaired) electrons. The van der Waals surface area contributed by atoms with Gasteiger partial charge in [0.05, 0.1) is 19.0 Å². The summed E-state index contributed by atoms with van der Waals surface area (Å²) >= 11 is 0. The highest BCUT2D eigenvalue weighted by Gasteiger charge is 2.24. The molecule has 6 heteroatoms. The molecule has 2 N–H and O–H groups in total. The number of aromatic amines is 1. The Balaban J connectivity index is 1.39. The highest BCUT2D eigenvalue weighted by molar-refractivity contribution is 5.51. The van der Waals surface area contributed by atoms with E-state index in [1.165, 1.54) is 37.8 Å². The number of hydrogen-bond donors (Lipinski definition) is 2. The molecule has 23 heavy (non-hydrogen) atoms. The average molecular weight is 313 g/mol. The molecule has 2 aromatic heterocycles. The minimum Gasteiger partial charge on any atom is -0.476 e. The topological polar surface area (TPSA) is 75.7 Å². The van der Waals surface area contributed by atoms with Crippen LogP contribution in [-0.2, 0) is 0 Å². The molecule has 4 rings (SSSR count). The first-order chi connectivity index (χ1) is 11.3. The van der Waals surface area contributed by atoms with E-state index in [0.29, 0.717) is 23.5 Å². The van der Waals surface area contributed by atoms with Crippen LogP contribution in [-0.4, -0.2) is 26.8 Å². The Bertz CT molecular complexity index is 667. The Kier molecular flexibility index (Phi) is 3.89. The van der Waals surface area contributed by atoms with Crippen LogP contribution < -0.4 is 10.1 Å². The molecule has 2 heterocycles. The van der Waals surface area contributed by atoms with Gasteiger partial charge in [-0.05, 0) is 37.5 Å². The van der Waals surface area contributed by atoms with Crippen LogP contribution in [0.15, 0.2) is 18.5 Å². The fourth-order valence-electron chi connectivity index (χ4n) is 3.20. The Hall–Kier alpha value is -2.11. The maximum absolute atomic E-state index is 5.66. The molecule has 122 valence electrons. The molecule has 0 spiro atoms. The number of anilines is 2. The van der Waals surface area contributed by atoms with Gasteiger partial charge in [-0.1, -0.05) is 13.3 Å². The Morgan fingerprint density at radius 3 is 2.91 bits per heavy atom. The fraction of sp³-hybridized carbons (Fsp3) is 0.588. The summed E-state index contributed by atoms with van der Waals surface area (Å²) in [7, 11) is 0. The fourth-order valence-corrected chi connectivity index (χ4v) is 3.20. The van der Waals surface area contributed by atoms with Crippen molar-refractivity contribution in [3.05, 3.63) is 24.2 Å². The van der Waals surface area contributed by atoms with Crippen LogP contribution in [0.5, 0.6) is 5.88 Å². The zero-order chi connectivity index (χ0) is 15.6. The minimum atomic E-state index is 0.572. The molecule has 2 saturated carbocycles. The number of nitrogens with zero attached hydrogens (tertiary/aromatic N) is 3. The average Bonchev–Trinajstić information content (AvgIpc) is 3.10. The van der Waals surface area contributed by atoms with E-state index in [-0.39, 0.29) is 0 Å². The summed E-state index contributed by atoms with van der Waals surface area (Å²) in [6, 6.07) is 2.09. The van der Waals surface area contributed by atoms with E-state index in [0.717, 1.165) is 18.3 Å². The summed E-state index contributed by atoms with van der Waals surface area (Å²) in [5.74, 6) is 4.14. The predicted molar refractivity (Wildman–Crippen MR) is 87.9 cm³/mol. The summed E-state index contributed by atoms with van der Waals surface area (Å²) in [5.41, 5.74) is 1.21. The molecule has 2 fully saturated rings. The molecule has 0 bridgehead atoms. The zero-order valence-electron chi connectivity index (χ0n) is 13.5. The second-order valence-corrected chi connectivity index (χ2v) is 6.95. The van der Waals surface area contributed by atoms with Gasteiger partial charge in [0.1, 0.15) is 0 Å². The Morgan fingerprint density at radius 1 is 1.22 bits per heavy atom. The van der Waals surface area contributed by atoms with Crippen molar-refractivity contribution in [2.75, 3.05) is 11.9 Å². The van der Waals surface area contributed by atoms with E-state index < -0.39 is 0 Å². The zero-order valence-corrected chi connectivity index (χ0v) is 13.5. The first-order valence-corrected chi connectivity index (χ1v) is 8.53. The SMILES string of the molecule is CC1CCC(c2cc(Nc3cncc(OCC4CC4)n3)n[nH]2)C1. The molecule has 6 nitrogen and oxygen atoms in total.